The second kappa shape index (κ2) is 3.88. The Hall–Kier alpha value is -0.220. The fourth-order valence-electron chi connectivity index (χ4n) is 0.501. The normalized spacial score (nSPS) is 14.5. The van der Waals surface area contributed by atoms with Gasteiger partial charge < -0.3 is 10.5 Å². The Bertz CT molecular complexity index is 194. The molecule has 0 aliphatic heterocycles. The predicted molar refractivity (Wildman–Crippen MR) is 60.7 cm³/mol. The summed E-state index contributed by atoms with van der Waals surface area (Å²) in [4.78, 5) is 11.1. The quantitative estimate of drug-likeness (QED) is 0.734. The van der Waals surface area contributed by atoms with Gasteiger partial charge in [0.2, 0.25) is 5.91 Å². The summed E-state index contributed by atoms with van der Waals surface area (Å²) in [5.74, 6) is 0.104. The van der Waals surface area contributed by atoms with E-state index in [2.05, 4.69) is 4.72 Å². The average molecular weight is 206 g/mol. The van der Waals surface area contributed by atoms with Crippen molar-refractivity contribution in [1.29, 1.82) is 0 Å². The lowest BCUT2D eigenvalue weighted by atomic mass is 10.2. The zero-order valence-corrected chi connectivity index (χ0v) is 10.3. The molecule has 0 bridgehead atoms. The van der Waals surface area contributed by atoms with E-state index in [0.29, 0.717) is 0 Å². The van der Waals surface area contributed by atoms with E-state index in [-0.39, 0.29) is 16.7 Å². The maximum absolute atomic E-state index is 11.5. The highest BCUT2D eigenvalue weighted by Crippen LogP contribution is 2.45. The van der Waals surface area contributed by atoms with Crippen LogP contribution in [0.4, 0.5) is 0 Å². The number of carbonyl (C=O) groups excluding carboxylic acids is 1. The molecule has 0 radical (unpaired) electrons. The third kappa shape index (κ3) is 3.56. The molecule has 0 spiro atoms. The van der Waals surface area contributed by atoms with Crippen LogP contribution < -0.4 is 10.5 Å². The first-order valence-corrected chi connectivity index (χ1v) is 6.86. The van der Waals surface area contributed by atoms with Crippen molar-refractivity contribution in [3.63, 3.8) is 0 Å². The molecule has 0 aromatic carbocycles. The maximum Gasteiger partial charge on any atom is 0.231 e. The van der Waals surface area contributed by atoms with Crippen molar-refractivity contribution in [1.82, 2.24) is 4.72 Å². The molecule has 0 aliphatic carbocycles. The Morgan fingerprint density at radius 1 is 1.38 bits per heavy atom. The summed E-state index contributed by atoms with van der Waals surface area (Å²) in [6, 6.07) is 0. The summed E-state index contributed by atoms with van der Waals surface area (Å²) in [5, 5.41) is 0. The van der Waals surface area contributed by atoms with Gasteiger partial charge in [0.25, 0.3) is 0 Å². The van der Waals surface area contributed by atoms with E-state index in [9.17, 15) is 4.79 Å². The van der Waals surface area contributed by atoms with Crippen LogP contribution in [0, 0.1) is 5.92 Å². The monoisotopic (exact) mass is 206 g/mol. The van der Waals surface area contributed by atoms with Crippen molar-refractivity contribution < 1.29 is 4.79 Å². The molecule has 4 heteroatoms. The minimum absolute atomic E-state index is 0.0223. The lowest BCUT2D eigenvalue weighted by Crippen LogP contribution is -2.46. The first-order valence-electron chi connectivity index (χ1n) is 4.41. The van der Waals surface area contributed by atoms with E-state index in [1.807, 2.05) is 40.2 Å². The van der Waals surface area contributed by atoms with Crippen molar-refractivity contribution in [3.05, 3.63) is 0 Å². The van der Waals surface area contributed by atoms with Gasteiger partial charge >= 0.3 is 0 Å². The minimum Gasteiger partial charge on any atom is -0.317 e. The van der Waals surface area contributed by atoms with Crippen LogP contribution in [0.25, 0.3) is 0 Å². The largest absolute Gasteiger partial charge is 0.317 e. The van der Waals surface area contributed by atoms with Gasteiger partial charge in [0.15, 0.2) is 0 Å². The Kier molecular flexibility index (Phi) is 3.82. The summed E-state index contributed by atoms with van der Waals surface area (Å²) in [5.41, 5.74) is 5.98. The molecule has 0 saturated carbocycles. The van der Waals surface area contributed by atoms with Crippen LogP contribution in [0.5, 0.6) is 0 Å². The van der Waals surface area contributed by atoms with Crippen LogP contribution in [0.15, 0.2) is 0 Å². The van der Waals surface area contributed by atoms with Gasteiger partial charge in [0, 0.05) is 5.92 Å². The van der Waals surface area contributed by atoms with Crippen LogP contribution >= 0.6 is 10.2 Å². The number of carbonyl (C=O) groups is 1. The average Bonchev–Trinajstić information content (AvgIpc) is 1.83. The van der Waals surface area contributed by atoms with E-state index in [1.165, 1.54) is 0 Å². The van der Waals surface area contributed by atoms with Crippen molar-refractivity contribution in [2.24, 2.45) is 11.7 Å². The van der Waals surface area contributed by atoms with E-state index in [1.54, 1.807) is 0 Å². The molecule has 13 heavy (non-hydrogen) atoms. The number of rotatable bonds is 3. The first kappa shape index (κ1) is 12.8. The Morgan fingerprint density at radius 3 is 2.00 bits per heavy atom. The van der Waals surface area contributed by atoms with Gasteiger partial charge in [-0.3, -0.25) is 4.79 Å². The van der Waals surface area contributed by atoms with E-state index >= 15 is 0 Å². The molecule has 0 rings (SSSR count). The lowest BCUT2D eigenvalue weighted by Gasteiger charge is -2.44. The van der Waals surface area contributed by atoms with Crippen molar-refractivity contribution >= 4 is 16.1 Å². The zero-order chi connectivity index (χ0) is 10.9. The van der Waals surface area contributed by atoms with Gasteiger partial charge in [-0.2, -0.15) is 10.2 Å². The Balaban J connectivity index is 4.44. The predicted octanol–water partition coefficient (Wildman–Crippen LogP) is 1.43. The van der Waals surface area contributed by atoms with Crippen LogP contribution in [-0.2, 0) is 4.79 Å². The Morgan fingerprint density at radius 2 is 1.77 bits per heavy atom. The third-order valence-electron chi connectivity index (χ3n) is 2.20. The fraction of sp³-hybridized carbons (Fsp3) is 0.889. The topological polar surface area (TPSA) is 55.1 Å². The Labute approximate surface area is 82.9 Å². The molecular weight excluding hydrogens is 184 g/mol. The van der Waals surface area contributed by atoms with Crippen LogP contribution in [-0.4, -0.2) is 23.3 Å². The summed E-state index contributed by atoms with van der Waals surface area (Å²) in [6.07, 6.45) is 4.04. The SMILES string of the molecule is CC(C)C(=O)NS(C)(C)C(C)(C)N. The summed E-state index contributed by atoms with van der Waals surface area (Å²) in [7, 11) is -1.26. The van der Waals surface area contributed by atoms with Gasteiger partial charge in [-0.15, -0.1) is 0 Å². The molecule has 0 fully saturated rings. The van der Waals surface area contributed by atoms with Gasteiger partial charge in [0.05, 0.1) is 4.87 Å². The summed E-state index contributed by atoms with van der Waals surface area (Å²) < 4.78 is 3.02. The molecule has 3 N–H and O–H groups in total. The van der Waals surface area contributed by atoms with Crippen molar-refractivity contribution in [2.45, 2.75) is 32.6 Å². The highest BCUT2D eigenvalue weighted by atomic mass is 32.3. The molecule has 0 heterocycles. The van der Waals surface area contributed by atoms with Gasteiger partial charge in [-0.05, 0) is 26.4 Å². The van der Waals surface area contributed by atoms with Crippen LogP contribution in [0.1, 0.15) is 27.7 Å². The third-order valence-corrected chi connectivity index (χ3v) is 5.54. The summed E-state index contributed by atoms with van der Waals surface area (Å²) in [6.45, 7) is 7.66. The fourth-order valence-corrected chi connectivity index (χ4v) is 1.50. The maximum atomic E-state index is 11.5. The van der Waals surface area contributed by atoms with Gasteiger partial charge in [-0.1, -0.05) is 13.8 Å². The van der Waals surface area contributed by atoms with E-state index in [4.69, 9.17) is 5.73 Å². The molecule has 0 atom stereocenters. The molecule has 0 saturated heterocycles. The number of nitrogens with two attached hydrogens (primary N) is 1. The molecular formula is C9H22N2OS. The van der Waals surface area contributed by atoms with Crippen molar-refractivity contribution in [2.75, 3.05) is 12.5 Å². The van der Waals surface area contributed by atoms with Gasteiger partial charge in [-0.25, -0.2) is 0 Å². The minimum atomic E-state index is -1.26. The van der Waals surface area contributed by atoms with E-state index in [0.717, 1.165) is 0 Å². The van der Waals surface area contributed by atoms with Crippen molar-refractivity contribution in [3.8, 4) is 0 Å². The molecule has 3 nitrogen and oxygen atoms in total. The summed E-state index contributed by atoms with van der Waals surface area (Å²) >= 11 is 0. The van der Waals surface area contributed by atoms with Crippen LogP contribution in [0.3, 0.4) is 0 Å². The van der Waals surface area contributed by atoms with E-state index < -0.39 is 10.2 Å². The smallest absolute Gasteiger partial charge is 0.231 e. The highest BCUT2D eigenvalue weighted by Gasteiger charge is 2.30. The molecule has 0 unspecified atom stereocenters. The zero-order valence-electron chi connectivity index (χ0n) is 9.47. The first-order chi connectivity index (χ1) is 5.58. The highest BCUT2D eigenvalue weighted by molar-refractivity contribution is 8.32. The number of hydrogen-bond acceptors (Lipinski definition) is 2. The lowest BCUT2D eigenvalue weighted by molar-refractivity contribution is -0.122. The standard InChI is InChI=1S/C9H22N2OS/c1-7(2)8(12)11-13(5,6)9(3,4)10/h7H,10H2,1-6H3,(H,11,12). The molecule has 0 aromatic rings. The molecule has 0 aliphatic rings. The second-order valence-electron chi connectivity index (χ2n) is 4.55. The molecule has 80 valence electrons. The second-order valence-corrected chi connectivity index (χ2v) is 8.46. The molecule has 1 amide bonds. The number of amides is 1. The van der Waals surface area contributed by atoms with Gasteiger partial charge in [0.1, 0.15) is 0 Å². The molecule has 0 aromatic heterocycles. The number of nitrogens with one attached hydrogen (secondary N) is 1. The number of hydrogen-bond donors (Lipinski definition) is 2. The van der Waals surface area contributed by atoms with Crippen LogP contribution in [0.2, 0.25) is 0 Å².